The van der Waals surface area contributed by atoms with E-state index in [9.17, 15) is 0 Å². The van der Waals surface area contributed by atoms with Gasteiger partial charge in [0.15, 0.2) is 0 Å². The summed E-state index contributed by atoms with van der Waals surface area (Å²) in [6, 6.07) is 6.70. The molecule has 0 amide bonds. The van der Waals surface area contributed by atoms with Gasteiger partial charge < -0.3 is 10.1 Å². The minimum atomic E-state index is 0.455. The lowest BCUT2D eigenvalue weighted by Gasteiger charge is -2.21. The molecule has 4 rings (SSSR count). The highest BCUT2D eigenvalue weighted by Gasteiger charge is 2.66. The molecule has 3 fully saturated rings. The Labute approximate surface area is 125 Å². The number of halogens is 1. The molecule has 0 saturated heterocycles. The molecule has 20 heavy (non-hydrogen) atoms. The minimum Gasteiger partial charge on any atom is -0.495 e. The van der Waals surface area contributed by atoms with E-state index in [4.69, 9.17) is 16.3 Å². The third-order valence-corrected chi connectivity index (χ3v) is 6.32. The van der Waals surface area contributed by atoms with Crippen molar-refractivity contribution in [3.05, 3.63) is 28.8 Å². The van der Waals surface area contributed by atoms with Crippen molar-refractivity contribution in [1.29, 1.82) is 0 Å². The third-order valence-electron chi connectivity index (χ3n) is 6.03. The van der Waals surface area contributed by atoms with E-state index in [0.29, 0.717) is 6.04 Å². The zero-order valence-electron chi connectivity index (χ0n) is 12.1. The van der Waals surface area contributed by atoms with E-state index in [1.54, 1.807) is 7.11 Å². The maximum Gasteiger partial charge on any atom is 0.137 e. The van der Waals surface area contributed by atoms with Crippen LogP contribution in [0.4, 0.5) is 0 Å². The van der Waals surface area contributed by atoms with Crippen LogP contribution in [0.3, 0.4) is 0 Å². The molecule has 3 heteroatoms. The van der Waals surface area contributed by atoms with Gasteiger partial charge in [-0.2, -0.15) is 0 Å². The predicted molar refractivity (Wildman–Crippen MR) is 81.1 cm³/mol. The number of methoxy groups -OCH3 is 1. The molecule has 0 heterocycles. The van der Waals surface area contributed by atoms with Crippen molar-refractivity contribution < 1.29 is 4.74 Å². The first-order chi connectivity index (χ1) is 9.74. The van der Waals surface area contributed by atoms with Crippen LogP contribution >= 0.6 is 11.6 Å². The minimum absolute atomic E-state index is 0.455. The lowest BCUT2D eigenvalue weighted by atomic mass is 9.93. The van der Waals surface area contributed by atoms with Crippen molar-refractivity contribution in [1.82, 2.24) is 5.32 Å². The molecule has 0 radical (unpaired) electrons. The number of rotatable bonds is 4. The van der Waals surface area contributed by atoms with Crippen molar-refractivity contribution >= 4 is 11.6 Å². The Hall–Kier alpha value is -0.730. The molecule has 1 aromatic carbocycles. The van der Waals surface area contributed by atoms with Crippen molar-refractivity contribution in [2.24, 2.45) is 29.6 Å². The molecule has 0 aromatic heterocycles. The van der Waals surface area contributed by atoms with Gasteiger partial charge in [-0.3, -0.25) is 0 Å². The van der Waals surface area contributed by atoms with Gasteiger partial charge in [0.25, 0.3) is 0 Å². The van der Waals surface area contributed by atoms with E-state index in [-0.39, 0.29) is 0 Å². The van der Waals surface area contributed by atoms with E-state index in [2.05, 4.69) is 24.5 Å². The Morgan fingerprint density at radius 1 is 1.25 bits per heavy atom. The average Bonchev–Trinajstić information content (AvgIpc) is 2.88. The second-order valence-corrected chi connectivity index (χ2v) is 7.13. The molecular weight excluding hydrogens is 270 g/mol. The van der Waals surface area contributed by atoms with Crippen LogP contribution in [0.2, 0.25) is 5.02 Å². The number of nitrogens with one attached hydrogen (secondary N) is 1. The van der Waals surface area contributed by atoms with Gasteiger partial charge in [-0.05, 0) is 73.6 Å². The number of hydrogen-bond acceptors (Lipinski definition) is 2. The molecule has 2 bridgehead atoms. The van der Waals surface area contributed by atoms with Crippen molar-refractivity contribution in [3.63, 3.8) is 0 Å². The summed E-state index contributed by atoms with van der Waals surface area (Å²) < 4.78 is 5.26. The Morgan fingerprint density at radius 3 is 2.50 bits per heavy atom. The van der Waals surface area contributed by atoms with E-state index >= 15 is 0 Å². The lowest BCUT2D eigenvalue weighted by molar-refractivity contribution is 0.384. The van der Waals surface area contributed by atoms with Crippen LogP contribution in [0, 0.1) is 29.6 Å². The van der Waals surface area contributed by atoms with Gasteiger partial charge >= 0.3 is 0 Å². The van der Waals surface area contributed by atoms with Gasteiger partial charge in [-0.15, -0.1) is 0 Å². The normalized spacial score (nSPS) is 38.6. The van der Waals surface area contributed by atoms with Crippen LogP contribution in [0.15, 0.2) is 18.2 Å². The fourth-order valence-electron chi connectivity index (χ4n) is 5.30. The summed E-state index contributed by atoms with van der Waals surface area (Å²) in [6.45, 7) is 0. The number of ether oxygens (including phenoxy) is 1. The maximum atomic E-state index is 6.29. The average molecular weight is 292 g/mol. The molecule has 5 unspecified atom stereocenters. The SMILES string of the molecule is CNC(c1ccc(OC)c(Cl)c1)C1C2C3CCC(C3)C21. The van der Waals surface area contributed by atoms with Gasteiger partial charge in [0.1, 0.15) is 5.75 Å². The Balaban J connectivity index is 1.59. The third kappa shape index (κ3) is 1.74. The molecule has 2 nitrogen and oxygen atoms in total. The van der Waals surface area contributed by atoms with E-state index < -0.39 is 0 Å². The number of benzene rings is 1. The van der Waals surface area contributed by atoms with Gasteiger partial charge in [-0.25, -0.2) is 0 Å². The largest absolute Gasteiger partial charge is 0.495 e. The van der Waals surface area contributed by atoms with Crippen molar-refractivity contribution in [2.45, 2.75) is 25.3 Å². The molecule has 1 aromatic rings. The van der Waals surface area contributed by atoms with Crippen molar-refractivity contribution in [2.75, 3.05) is 14.2 Å². The maximum absolute atomic E-state index is 6.29. The second-order valence-electron chi connectivity index (χ2n) is 6.73. The topological polar surface area (TPSA) is 21.3 Å². The van der Waals surface area contributed by atoms with Gasteiger partial charge in [0.05, 0.1) is 12.1 Å². The first-order valence-electron chi connectivity index (χ1n) is 7.75. The van der Waals surface area contributed by atoms with E-state index in [1.807, 2.05) is 6.07 Å². The second kappa shape index (κ2) is 4.64. The number of hydrogen-bond donors (Lipinski definition) is 1. The summed E-state index contributed by atoms with van der Waals surface area (Å²) in [4.78, 5) is 0. The standard InChI is InChI=1S/C17H22ClNO/c1-19-17(11-5-6-13(20-2)12(18)8-11)16-14-9-3-4-10(7-9)15(14)16/h5-6,8-10,14-17,19H,3-4,7H2,1-2H3. The number of fused-ring (bicyclic) bond motifs is 5. The first kappa shape index (κ1) is 13.0. The molecule has 108 valence electrons. The summed E-state index contributed by atoms with van der Waals surface area (Å²) in [6.07, 6.45) is 4.45. The summed E-state index contributed by atoms with van der Waals surface area (Å²) in [5.41, 5.74) is 1.32. The van der Waals surface area contributed by atoms with Gasteiger partial charge in [0.2, 0.25) is 0 Å². The Bertz CT molecular complexity index is 516. The highest BCUT2D eigenvalue weighted by atomic mass is 35.5. The zero-order chi connectivity index (χ0) is 13.9. The fourth-order valence-corrected chi connectivity index (χ4v) is 5.56. The van der Waals surface area contributed by atoms with Crippen LogP contribution in [-0.4, -0.2) is 14.2 Å². The van der Waals surface area contributed by atoms with Crippen LogP contribution in [0.5, 0.6) is 5.75 Å². The monoisotopic (exact) mass is 291 g/mol. The van der Waals surface area contributed by atoms with Crippen LogP contribution in [0.25, 0.3) is 0 Å². The predicted octanol–water partition coefficient (Wildman–Crippen LogP) is 3.90. The molecule has 5 atom stereocenters. The van der Waals surface area contributed by atoms with Crippen LogP contribution < -0.4 is 10.1 Å². The van der Waals surface area contributed by atoms with Crippen molar-refractivity contribution in [3.8, 4) is 5.75 Å². The van der Waals surface area contributed by atoms with Crippen LogP contribution in [-0.2, 0) is 0 Å². The highest BCUT2D eigenvalue weighted by Crippen LogP contribution is 2.72. The fraction of sp³-hybridized carbons (Fsp3) is 0.647. The molecule has 3 saturated carbocycles. The summed E-state index contributed by atoms with van der Waals surface area (Å²) in [5.74, 6) is 5.58. The Morgan fingerprint density at radius 2 is 1.95 bits per heavy atom. The molecule has 3 aliphatic carbocycles. The zero-order valence-corrected chi connectivity index (χ0v) is 12.9. The lowest BCUT2D eigenvalue weighted by Crippen LogP contribution is -2.22. The molecule has 0 aliphatic heterocycles. The van der Waals surface area contributed by atoms with Gasteiger partial charge in [0, 0.05) is 6.04 Å². The van der Waals surface area contributed by atoms with E-state index in [0.717, 1.165) is 40.4 Å². The quantitative estimate of drug-likeness (QED) is 0.908. The smallest absolute Gasteiger partial charge is 0.137 e. The Kier molecular flexibility index (Phi) is 3.01. The van der Waals surface area contributed by atoms with Gasteiger partial charge in [-0.1, -0.05) is 17.7 Å². The summed E-state index contributed by atoms with van der Waals surface area (Å²) in [7, 11) is 3.75. The van der Waals surface area contributed by atoms with E-state index in [1.165, 1.54) is 24.8 Å². The molecule has 0 spiro atoms. The summed E-state index contributed by atoms with van der Waals surface area (Å²) >= 11 is 6.29. The van der Waals surface area contributed by atoms with Crippen LogP contribution in [0.1, 0.15) is 30.9 Å². The molecule has 3 aliphatic rings. The molecule has 1 N–H and O–H groups in total. The first-order valence-corrected chi connectivity index (χ1v) is 8.13. The highest BCUT2D eigenvalue weighted by molar-refractivity contribution is 6.32. The molecular formula is C17H22ClNO. The summed E-state index contributed by atoms with van der Waals surface area (Å²) in [5, 5.41) is 4.26.